The summed E-state index contributed by atoms with van der Waals surface area (Å²) in [6.07, 6.45) is 1.79. The molecule has 0 amide bonds. The zero-order valence-electron chi connectivity index (χ0n) is 11.9. The molecule has 0 N–H and O–H groups in total. The summed E-state index contributed by atoms with van der Waals surface area (Å²) in [5.41, 5.74) is 1.07. The molecule has 102 valence electrons. The molecule has 4 nitrogen and oxygen atoms in total. The normalized spacial score (nSPS) is 11.3. The molecule has 0 radical (unpaired) electrons. The van der Waals surface area contributed by atoms with E-state index in [0.29, 0.717) is 11.2 Å². The molecule has 0 atom stereocenters. The van der Waals surface area contributed by atoms with Crippen molar-refractivity contribution >= 4 is 17.4 Å². The van der Waals surface area contributed by atoms with Crippen LogP contribution in [-0.4, -0.2) is 48.6 Å². The van der Waals surface area contributed by atoms with Gasteiger partial charge in [-0.1, -0.05) is 13.8 Å². The monoisotopic (exact) mass is 270 g/mol. The SMILES string of the molecule is Cc1cnc(Cl)nc1N(CCN(C)C)CC(C)C. The van der Waals surface area contributed by atoms with Gasteiger partial charge in [-0.05, 0) is 38.5 Å². The molecule has 0 unspecified atom stereocenters. The highest BCUT2D eigenvalue weighted by Gasteiger charge is 2.13. The lowest BCUT2D eigenvalue weighted by Crippen LogP contribution is -2.35. The van der Waals surface area contributed by atoms with Gasteiger partial charge in [0, 0.05) is 31.4 Å². The number of nitrogens with zero attached hydrogens (tertiary/aromatic N) is 4. The lowest BCUT2D eigenvalue weighted by molar-refractivity contribution is 0.408. The minimum atomic E-state index is 0.314. The standard InChI is InChI=1S/C13H23ClN4/c1-10(2)9-18(7-6-17(4)5)12-11(3)8-15-13(14)16-12/h8,10H,6-7,9H2,1-5H3. The minimum absolute atomic E-state index is 0.314. The van der Waals surface area contributed by atoms with Crippen LogP contribution in [0.2, 0.25) is 5.28 Å². The van der Waals surface area contributed by atoms with Crippen molar-refractivity contribution < 1.29 is 0 Å². The van der Waals surface area contributed by atoms with Crippen LogP contribution in [0, 0.1) is 12.8 Å². The molecule has 1 heterocycles. The topological polar surface area (TPSA) is 32.3 Å². The van der Waals surface area contributed by atoms with Gasteiger partial charge in [0.15, 0.2) is 0 Å². The van der Waals surface area contributed by atoms with E-state index in [1.54, 1.807) is 6.20 Å². The lowest BCUT2D eigenvalue weighted by atomic mass is 10.2. The Labute approximate surface area is 115 Å². The van der Waals surface area contributed by atoms with E-state index >= 15 is 0 Å². The third kappa shape index (κ3) is 4.78. The fourth-order valence-corrected chi connectivity index (χ4v) is 1.91. The van der Waals surface area contributed by atoms with Crippen molar-refractivity contribution in [2.75, 3.05) is 38.6 Å². The third-order valence-corrected chi connectivity index (χ3v) is 2.80. The van der Waals surface area contributed by atoms with Crippen LogP contribution in [0.3, 0.4) is 0 Å². The molecule has 0 fully saturated rings. The Morgan fingerprint density at radius 2 is 1.94 bits per heavy atom. The highest BCUT2D eigenvalue weighted by atomic mass is 35.5. The molecular weight excluding hydrogens is 248 g/mol. The van der Waals surface area contributed by atoms with E-state index in [2.05, 4.69) is 47.7 Å². The summed E-state index contributed by atoms with van der Waals surface area (Å²) in [5.74, 6) is 1.53. The first-order chi connectivity index (χ1) is 8.40. The number of aryl methyl sites for hydroxylation is 1. The van der Waals surface area contributed by atoms with E-state index in [1.165, 1.54) is 0 Å². The molecule has 0 aliphatic heterocycles. The van der Waals surface area contributed by atoms with Gasteiger partial charge in [0.25, 0.3) is 0 Å². The van der Waals surface area contributed by atoms with E-state index < -0.39 is 0 Å². The molecule has 1 aromatic rings. The Hall–Kier alpha value is -0.870. The number of anilines is 1. The van der Waals surface area contributed by atoms with Crippen LogP contribution in [0.15, 0.2) is 6.20 Å². The van der Waals surface area contributed by atoms with E-state index in [-0.39, 0.29) is 0 Å². The first-order valence-electron chi connectivity index (χ1n) is 6.29. The number of hydrogen-bond donors (Lipinski definition) is 0. The Morgan fingerprint density at radius 1 is 1.28 bits per heavy atom. The van der Waals surface area contributed by atoms with Gasteiger partial charge in [0.05, 0.1) is 0 Å². The Kier molecular flexibility index (Phi) is 5.82. The van der Waals surface area contributed by atoms with Crippen molar-refractivity contribution in [2.45, 2.75) is 20.8 Å². The predicted molar refractivity (Wildman–Crippen MR) is 77.4 cm³/mol. The Balaban J connectivity index is 2.89. The summed E-state index contributed by atoms with van der Waals surface area (Å²) in [4.78, 5) is 12.8. The number of aromatic nitrogens is 2. The fourth-order valence-electron chi connectivity index (χ4n) is 1.78. The van der Waals surface area contributed by atoms with Crippen LogP contribution in [0.5, 0.6) is 0 Å². The van der Waals surface area contributed by atoms with Crippen molar-refractivity contribution in [1.82, 2.24) is 14.9 Å². The molecular formula is C13H23ClN4. The summed E-state index contributed by atoms with van der Waals surface area (Å²) >= 11 is 5.90. The molecule has 0 saturated carbocycles. The Morgan fingerprint density at radius 3 is 2.50 bits per heavy atom. The predicted octanol–water partition coefficient (Wildman–Crippen LogP) is 2.46. The van der Waals surface area contributed by atoms with Crippen molar-refractivity contribution in [3.05, 3.63) is 17.0 Å². The second-order valence-corrected chi connectivity index (χ2v) is 5.63. The molecule has 0 aliphatic rings. The van der Waals surface area contributed by atoms with E-state index in [4.69, 9.17) is 11.6 Å². The smallest absolute Gasteiger partial charge is 0.224 e. The second kappa shape index (κ2) is 6.90. The van der Waals surface area contributed by atoms with Crippen LogP contribution in [0.25, 0.3) is 0 Å². The van der Waals surface area contributed by atoms with Gasteiger partial charge in [-0.2, -0.15) is 0 Å². The van der Waals surface area contributed by atoms with Crippen LogP contribution in [0.4, 0.5) is 5.82 Å². The highest BCUT2D eigenvalue weighted by Crippen LogP contribution is 2.19. The zero-order valence-corrected chi connectivity index (χ0v) is 12.7. The van der Waals surface area contributed by atoms with Crippen LogP contribution >= 0.6 is 11.6 Å². The van der Waals surface area contributed by atoms with Gasteiger partial charge in [-0.25, -0.2) is 9.97 Å². The van der Waals surface area contributed by atoms with Crippen LogP contribution in [0.1, 0.15) is 19.4 Å². The molecule has 0 aliphatic carbocycles. The lowest BCUT2D eigenvalue weighted by Gasteiger charge is -2.28. The highest BCUT2D eigenvalue weighted by molar-refractivity contribution is 6.28. The second-order valence-electron chi connectivity index (χ2n) is 5.29. The molecule has 18 heavy (non-hydrogen) atoms. The largest absolute Gasteiger partial charge is 0.355 e. The van der Waals surface area contributed by atoms with Crippen molar-refractivity contribution in [1.29, 1.82) is 0 Å². The van der Waals surface area contributed by atoms with Crippen LogP contribution in [-0.2, 0) is 0 Å². The number of hydrogen-bond acceptors (Lipinski definition) is 4. The van der Waals surface area contributed by atoms with Crippen molar-refractivity contribution in [2.24, 2.45) is 5.92 Å². The first-order valence-corrected chi connectivity index (χ1v) is 6.66. The van der Waals surface area contributed by atoms with Gasteiger partial charge in [-0.3, -0.25) is 0 Å². The minimum Gasteiger partial charge on any atom is -0.355 e. The first kappa shape index (κ1) is 15.2. The fraction of sp³-hybridized carbons (Fsp3) is 0.692. The maximum absolute atomic E-state index is 5.90. The summed E-state index contributed by atoms with van der Waals surface area (Å²) < 4.78 is 0. The summed E-state index contributed by atoms with van der Waals surface area (Å²) in [5, 5.41) is 0.314. The maximum Gasteiger partial charge on any atom is 0.224 e. The van der Waals surface area contributed by atoms with Crippen LogP contribution < -0.4 is 4.90 Å². The molecule has 1 aromatic heterocycles. The van der Waals surface area contributed by atoms with Gasteiger partial charge in [-0.15, -0.1) is 0 Å². The molecule has 0 aromatic carbocycles. The molecule has 0 spiro atoms. The summed E-state index contributed by atoms with van der Waals surface area (Å²) in [6, 6.07) is 0. The summed E-state index contributed by atoms with van der Waals surface area (Å²) in [7, 11) is 4.15. The van der Waals surface area contributed by atoms with Gasteiger partial charge >= 0.3 is 0 Å². The number of halogens is 1. The average Bonchev–Trinajstić information content (AvgIpc) is 2.27. The van der Waals surface area contributed by atoms with Gasteiger partial charge in [0.1, 0.15) is 5.82 Å². The number of rotatable bonds is 6. The molecule has 1 rings (SSSR count). The van der Waals surface area contributed by atoms with Gasteiger partial charge < -0.3 is 9.80 Å². The molecule has 0 bridgehead atoms. The number of likely N-dealkylation sites (N-methyl/N-ethyl adjacent to an activating group) is 1. The van der Waals surface area contributed by atoms with Crippen molar-refractivity contribution in [3.63, 3.8) is 0 Å². The third-order valence-electron chi connectivity index (χ3n) is 2.62. The molecule has 0 saturated heterocycles. The van der Waals surface area contributed by atoms with E-state index in [0.717, 1.165) is 31.0 Å². The summed E-state index contributed by atoms with van der Waals surface area (Å²) in [6.45, 7) is 9.35. The molecule has 5 heteroatoms. The zero-order chi connectivity index (χ0) is 13.7. The van der Waals surface area contributed by atoms with Crippen molar-refractivity contribution in [3.8, 4) is 0 Å². The van der Waals surface area contributed by atoms with Gasteiger partial charge in [0.2, 0.25) is 5.28 Å². The quantitative estimate of drug-likeness (QED) is 0.744. The average molecular weight is 271 g/mol. The van der Waals surface area contributed by atoms with E-state index in [9.17, 15) is 0 Å². The van der Waals surface area contributed by atoms with E-state index in [1.807, 2.05) is 6.92 Å². The maximum atomic E-state index is 5.90. The Bertz CT molecular complexity index is 379.